The first kappa shape index (κ1) is 20.8. The summed E-state index contributed by atoms with van der Waals surface area (Å²) in [5.74, 6) is 0.0999. The van der Waals surface area contributed by atoms with Gasteiger partial charge >= 0.3 is 5.97 Å². The van der Waals surface area contributed by atoms with Crippen molar-refractivity contribution in [3.05, 3.63) is 46.2 Å². The summed E-state index contributed by atoms with van der Waals surface area (Å²) in [6, 6.07) is 7.01. The maximum absolute atomic E-state index is 12.5. The Kier molecular flexibility index (Phi) is 6.91. The van der Waals surface area contributed by atoms with Gasteiger partial charge in [0.05, 0.1) is 18.4 Å². The van der Waals surface area contributed by atoms with Crippen LogP contribution in [-0.2, 0) is 9.53 Å². The highest BCUT2D eigenvalue weighted by molar-refractivity contribution is 6.30. The number of carbonyl (C=O) groups excluding carboxylic acids is 2. The average Bonchev–Trinajstić information content (AvgIpc) is 2.92. The van der Waals surface area contributed by atoms with Gasteiger partial charge in [-0.1, -0.05) is 25.4 Å². The molecule has 0 unspecified atom stereocenters. The van der Waals surface area contributed by atoms with Gasteiger partial charge in [-0.05, 0) is 44.0 Å². The summed E-state index contributed by atoms with van der Waals surface area (Å²) in [7, 11) is 1.58. The Balaban J connectivity index is 2.22. The van der Waals surface area contributed by atoms with Crippen molar-refractivity contribution >= 4 is 23.5 Å². The summed E-state index contributed by atoms with van der Waals surface area (Å²) in [6.07, 6.45) is 0. The molecular formula is C20H25ClN2O4. The first-order chi connectivity index (χ1) is 12.7. The average molecular weight is 393 g/mol. The molecule has 7 heteroatoms. The summed E-state index contributed by atoms with van der Waals surface area (Å²) < 4.78 is 12.5. The lowest BCUT2D eigenvalue weighted by molar-refractivity contribution is -0.124. The van der Waals surface area contributed by atoms with E-state index in [4.69, 9.17) is 21.1 Å². The Hall–Kier alpha value is -2.47. The number of aryl methyl sites for hydroxylation is 1. The van der Waals surface area contributed by atoms with Gasteiger partial charge in [0.2, 0.25) is 0 Å². The van der Waals surface area contributed by atoms with E-state index in [0.717, 1.165) is 11.4 Å². The van der Waals surface area contributed by atoms with Crippen LogP contribution in [0.15, 0.2) is 24.3 Å². The number of nitrogens with zero attached hydrogens (tertiary/aromatic N) is 1. The van der Waals surface area contributed by atoms with Crippen LogP contribution >= 0.6 is 11.6 Å². The number of hydrogen-bond acceptors (Lipinski definition) is 4. The maximum Gasteiger partial charge on any atom is 0.340 e. The summed E-state index contributed by atoms with van der Waals surface area (Å²) in [4.78, 5) is 24.2. The Morgan fingerprint density at radius 1 is 1.22 bits per heavy atom. The molecule has 6 nitrogen and oxygen atoms in total. The van der Waals surface area contributed by atoms with Crippen molar-refractivity contribution in [1.29, 1.82) is 0 Å². The molecule has 2 aromatic rings. The second-order valence-electron chi connectivity index (χ2n) is 6.71. The van der Waals surface area contributed by atoms with E-state index in [1.54, 1.807) is 31.4 Å². The largest absolute Gasteiger partial charge is 0.495 e. The number of amides is 1. The monoisotopic (exact) mass is 392 g/mol. The Morgan fingerprint density at radius 2 is 1.93 bits per heavy atom. The maximum atomic E-state index is 12.5. The number of halogens is 1. The van der Waals surface area contributed by atoms with Crippen LogP contribution in [0, 0.1) is 19.8 Å². The molecule has 2 rings (SSSR count). The highest BCUT2D eigenvalue weighted by Gasteiger charge is 2.20. The van der Waals surface area contributed by atoms with Crippen LogP contribution in [0.2, 0.25) is 5.02 Å². The van der Waals surface area contributed by atoms with E-state index < -0.39 is 5.97 Å². The standard InChI is InChI=1S/C20H25ClN2O4/c1-12(2)10-22-19(24)11-27-20(25)16-8-13(3)23(14(16)4)17-9-15(21)6-7-18(17)26-5/h6-9,12H,10-11H2,1-5H3,(H,22,24). The summed E-state index contributed by atoms with van der Waals surface area (Å²) in [5, 5.41) is 3.27. The van der Waals surface area contributed by atoms with Gasteiger partial charge in [-0.25, -0.2) is 4.79 Å². The van der Waals surface area contributed by atoms with Crippen LogP contribution in [-0.4, -0.2) is 36.7 Å². The van der Waals surface area contributed by atoms with E-state index in [2.05, 4.69) is 5.32 Å². The smallest absolute Gasteiger partial charge is 0.340 e. The summed E-state index contributed by atoms with van der Waals surface area (Å²) in [6.45, 7) is 7.90. The molecular weight excluding hydrogens is 368 g/mol. The lowest BCUT2D eigenvalue weighted by Crippen LogP contribution is -2.31. The molecule has 1 aromatic carbocycles. The second-order valence-corrected chi connectivity index (χ2v) is 7.15. The molecule has 0 bridgehead atoms. The van der Waals surface area contributed by atoms with Crippen LogP contribution < -0.4 is 10.1 Å². The number of esters is 1. The Morgan fingerprint density at radius 3 is 2.56 bits per heavy atom. The van der Waals surface area contributed by atoms with Crippen molar-refractivity contribution < 1.29 is 19.1 Å². The molecule has 1 amide bonds. The van der Waals surface area contributed by atoms with Gasteiger partial charge in [-0.2, -0.15) is 0 Å². The molecule has 0 fully saturated rings. The molecule has 0 saturated heterocycles. The molecule has 146 valence electrons. The molecule has 0 aliphatic rings. The van der Waals surface area contributed by atoms with Gasteiger partial charge in [-0.15, -0.1) is 0 Å². The van der Waals surface area contributed by atoms with Crippen molar-refractivity contribution in [2.24, 2.45) is 5.92 Å². The third-order valence-electron chi connectivity index (χ3n) is 4.07. The van der Waals surface area contributed by atoms with Crippen LogP contribution in [0.3, 0.4) is 0 Å². The molecule has 0 aliphatic carbocycles. The SMILES string of the molecule is COc1ccc(Cl)cc1-n1c(C)cc(C(=O)OCC(=O)NCC(C)C)c1C. The highest BCUT2D eigenvalue weighted by Crippen LogP contribution is 2.30. The van der Waals surface area contributed by atoms with Gasteiger partial charge in [0.15, 0.2) is 6.61 Å². The van der Waals surface area contributed by atoms with Gasteiger partial charge in [0.25, 0.3) is 5.91 Å². The van der Waals surface area contributed by atoms with E-state index >= 15 is 0 Å². The van der Waals surface area contributed by atoms with E-state index in [-0.39, 0.29) is 12.5 Å². The van der Waals surface area contributed by atoms with Crippen molar-refractivity contribution in [2.45, 2.75) is 27.7 Å². The minimum absolute atomic E-state index is 0.310. The third-order valence-corrected chi connectivity index (χ3v) is 4.31. The quantitative estimate of drug-likeness (QED) is 0.729. The van der Waals surface area contributed by atoms with E-state index in [0.29, 0.717) is 34.5 Å². The number of methoxy groups -OCH3 is 1. The third kappa shape index (κ3) is 5.04. The number of ether oxygens (including phenoxy) is 2. The number of rotatable bonds is 7. The van der Waals surface area contributed by atoms with Crippen LogP contribution in [0.5, 0.6) is 5.75 Å². The predicted octanol–water partition coefficient (Wildman–Crippen LogP) is 3.69. The Labute approximate surface area is 164 Å². The molecule has 0 radical (unpaired) electrons. The molecule has 1 heterocycles. The minimum Gasteiger partial charge on any atom is -0.495 e. The van der Waals surface area contributed by atoms with Gasteiger partial charge in [0, 0.05) is 23.0 Å². The fraction of sp³-hybridized carbons (Fsp3) is 0.400. The van der Waals surface area contributed by atoms with E-state index in [9.17, 15) is 9.59 Å². The first-order valence-corrected chi connectivity index (χ1v) is 9.09. The molecule has 0 saturated carbocycles. The summed E-state index contributed by atoms with van der Waals surface area (Å²) in [5.41, 5.74) is 2.63. The number of carbonyl (C=O) groups is 2. The molecule has 1 aromatic heterocycles. The van der Waals surface area contributed by atoms with Gasteiger partial charge in [0.1, 0.15) is 5.75 Å². The predicted molar refractivity (Wildman–Crippen MR) is 105 cm³/mol. The van der Waals surface area contributed by atoms with Crippen molar-refractivity contribution in [3.63, 3.8) is 0 Å². The molecule has 1 N–H and O–H groups in total. The second kappa shape index (κ2) is 8.95. The van der Waals surface area contributed by atoms with Crippen molar-refractivity contribution in [2.75, 3.05) is 20.3 Å². The zero-order chi connectivity index (χ0) is 20.1. The first-order valence-electron chi connectivity index (χ1n) is 8.71. The number of benzene rings is 1. The molecule has 0 atom stereocenters. The van der Waals surface area contributed by atoms with Gasteiger partial charge in [-0.3, -0.25) is 4.79 Å². The Bertz CT molecular complexity index is 843. The topological polar surface area (TPSA) is 69.6 Å². The normalized spacial score (nSPS) is 10.8. The lowest BCUT2D eigenvalue weighted by Gasteiger charge is -2.14. The fourth-order valence-electron chi connectivity index (χ4n) is 2.76. The number of hydrogen-bond donors (Lipinski definition) is 1. The van der Waals surface area contributed by atoms with E-state index in [1.165, 1.54) is 0 Å². The summed E-state index contributed by atoms with van der Waals surface area (Å²) >= 11 is 6.13. The minimum atomic E-state index is -0.546. The highest BCUT2D eigenvalue weighted by atomic mass is 35.5. The lowest BCUT2D eigenvalue weighted by atomic mass is 10.2. The van der Waals surface area contributed by atoms with Crippen molar-refractivity contribution in [1.82, 2.24) is 9.88 Å². The zero-order valence-electron chi connectivity index (χ0n) is 16.3. The van der Waals surface area contributed by atoms with Crippen LogP contribution in [0.4, 0.5) is 0 Å². The fourth-order valence-corrected chi connectivity index (χ4v) is 2.92. The van der Waals surface area contributed by atoms with Gasteiger partial charge < -0.3 is 19.4 Å². The molecule has 0 aliphatic heterocycles. The number of nitrogens with one attached hydrogen (secondary N) is 1. The molecule has 0 spiro atoms. The van der Waals surface area contributed by atoms with Crippen molar-refractivity contribution in [3.8, 4) is 11.4 Å². The van der Waals surface area contributed by atoms with Crippen LogP contribution in [0.25, 0.3) is 5.69 Å². The zero-order valence-corrected chi connectivity index (χ0v) is 17.0. The number of aromatic nitrogens is 1. The van der Waals surface area contributed by atoms with Crippen LogP contribution in [0.1, 0.15) is 35.6 Å². The van der Waals surface area contributed by atoms with E-state index in [1.807, 2.05) is 32.3 Å². The molecule has 27 heavy (non-hydrogen) atoms.